The van der Waals surface area contributed by atoms with Crippen molar-refractivity contribution in [3.63, 3.8) is 0 Å². The summed E-state index contributed by atoms with van der Waals surface area (Å²) < 4.78 is 98.1. The molecule has 0 unspecified atom stereocenters. The van der Waals surface area contributed by atoms with E-state index in [1.165, 1.54) is 105 Å². The van der Waals surface area contributed by atoms with Crippen LogP contribution in [0.3, 0.4) is 0 Å². The Hall–Kier alpha value is -0.350. The molecule has 0 bridgehead atoms. The van der Waals surface area contributed by atoms with Crippen LogP contribution in [0.5, 0.6) is 0 Å². The van der Waals surface area contributed by atoms with Gasteiger partial charge in [-0.05, 0) is 29.5 Å². The Morgan fingerprint density at radius 3 is 0.460 bits per heavy atom. The highest BCUT2D eigenvalue weighted by molar-refractivity contribution is 4.57. The van der Waals surface area contributed by atoms with Gasteiger partial charge in [-0.15, -0.1) is 0 Å². The van der Waals surface area contributed by atoms with E-state index < -0.39 is 30.8 Å². The third-order valence-electron chi connectivity index (χ3n) is 4.66. The van der Waals surface area contributed by atoms with Crippen LogP contribution in [0, 0.1) is 35.5 Å². The van der Waals surface area contributed by atoms with Crippen molar-refractivity contribution in [2.24, 2.45) is 35.5 Å². The molecule has 0 saturated carbocycles. The van der Waals surface area contributed by atoms with Crippen molar-refractivity contribution in [3.05, 3.63) is 0 Å². The number of hydrogen-bond acceptors (Lipinski definition) is 0. The van der Waals surface area contributed by atoms with E-state index in [1.807, 2.05) is 48.5 Å². The normalized spacial score (nSPS) is 11.3. The summed E-state index contributed by atoms with van der Waals surface area (Å²) in [6.07, 6.45) is 10.7. The van der Waals surface area contributed by atoms with E-state index in [-0.39, 0.29) is 24.6 Å². The Balaban J connectivity index is -0.0000000395. The smallest absolute Gasteiger partial charge is 0.207 e. The maximum Gasteiger partial charge on any atom is 0.391 e. The third-order valence-corrected chi connectivity index (χ3v) is 4.66. The minimum atomic E-state index is -4.00. The highest BCUT2D eigenvalue weighted by Crippen LogP contribution is 2.24. The lowest BCUT2D eigenvalue weighted by atomic mass is 10.2. The van der Waals surface area contributed by atoms with Gasteiger partial charge in [-0.1, -0.05) is 325 Å². The van der Waals surface area contributed by atoms with Gasteiger partial charge in [-0.25, -0.2) is 8.78 Å². The average Bonchev–Trinajstić information content (AvgIpc) is 3.11. The molecular weight excluding hydrogens is 792 g/mol. The molecule has 406 valence electrons. The molecule has 0 fully saturated rings. The maximum absolute atomic E-state index is 11.9. The van der Waals surface area contributed by atoms with Gasteiger partial charge >= 0.3 is 6.18 Å². The monoisotopic (exact) mass is 937 g/mol. The number of rotatable bonds is 10. The summed E-state index contributed by atoms with van der Waals surface area (Å²) in [5, 5.41) is 0. The lowest BCUT2D eigenvalue weighted by Crippen LogP contribution is -2.15. The molecule has 0 radical (unpaired) electrons. The molecule has 0 rings (SSSR count). The van der Waals surface area contributed by atoms with Crippen molar-refractivity contribution in [2.45, 2.75) is 350 Å². The molecule has 0 aromatic carbocycles. The molecule has 0 heterocycles. The number of alkyl halides is 5. The SMILES string of the molecule is CC(C)C.CC(C)C.CC(C)C.CC(C)C(F)(F)F.CCC.CCC(F)(F)CC.CCCC.CCCCC.CCCCC.CCCCC.[2H]C(C)(C)C.[2H]C(C)(C)C.[2H]C([2H])(C)C.[2H]C([2H])(C)CC. The van der Waals surface area contributed by atoms with E-state index >= 15 is 0 Å². The topological polar surface area (TPSA) is 0 Å². The molecule has 0 N–H and O–H groups in total. The van der Waals surface area contributed by atoms with Crippen LogP contribution in [0.25, 0.3) is 0 Å². The van der Waals surface area contributed by atoms with Gasteiger partial charge in [0.25, 0.3) is 0 Å². The third kappa shape index (κ3) is 568. The van der Waals surface area contributed by atoms with Crippen molar-refractivity contribution >= 4 is 0 Å². The quantitative estimate of drug-likeness (QED) is 0.192. The van der Waals surface area contributed by atoms with Gasteiger partial charge in [0.2, 0.25) is 5.92 Å². The molecule has 5 heteroatoms. The van der Waals surface area contributed by atoms with Crippen LogP contribution >= 0.6 is 0 Å². The van der Waals surface area contributed by atoms with Crippen molar-refractivity contribution < 1.29 is 30.2 Å². The molecule has 0 saturated heterocycles. The fourth-order valence-electron chi connectivity index (χ4n) is 1.31. The van der Waals surface area contributed by atoms with Gasteiger partial charge in [-0.3, -0.25) is 0 Å². The van der Waals surface area contributed by atoms with Gasteiger partial charge in [0, 0.05) is 27.0 Å². The van der Waals surface area contributed by atoms with Gasteiger partial charge in [0.05, 0.1) is 0 Å². The molecule has 0 spiro atoms. The van der Waals surface area contributed by atoms with Crippen LogP contribution in [-0.2, 0) is 0 Å². The summed E-state index contributed by atoms with van der Waals surface area (Å²) >= 11 is 0. The summed E-state index contributed by atoms with van der Waals surface area (Å²) in [6.45, 7) is 64.2. The van der Waals surface area contributed by atoms with Gasteiger partial charge in [-0.2, -0.15) is 13.2 Å². The van der Waals surface area contributed by atoms with E-state index in [0.29, 0.717) is 6.42 Å². The van der Waals surface area contributed by atoms with E-state index in [2.05, 4.69) is 132 Å². The molecule has 0 aliphatic rings. The Morgan fingerprint density at radius 2 is 0.460 bits per heavy atom. The first-order chi connectivity index (χ1) is 30.4. The van der Waals surface area contributed by atoms with Gasteiger partial charge in [0.15, 0.2) is 0 Å². The van der Waals surface area contributed by atoms with Crippen LogP contribution in [0.1, 0.15) is 346 Å². The molecule has 0 amide bonds. The van der Waals surface area contributed by atoms with E-state index in [1.54, 1.807) is 6.92 Å². The van der Waals surface area contributed by atoms with Crippen LogP contribution in [0.15, 0.2) is 0 Å². The summed E-state index contributed by atoms with van der Waals surface area (Å²) in [6, 6.07) is 0. The summed E-state index contributed by atoms with van der Waals surface area (Å²) in [4.78, 5) is 0. The molecule has 0 aromatic rings. The largest absolute Gasteiger partial charge is 0.391 e. The average molecular weight is 938 g/mol. The van der Waals surface area contributed by atoms with E-state index in [4.69, 9.17) is 8.22 Å². The zero-order valence-electron chi connectivity index (χ0n) is 56.8. The van der Waals surface area contributed by atoms with Gasteiger partial charge in [0.1, 0.15) is 0 Å². The van der Waals surface area contributed by atoms with Crippen LogP contribution < -0.4 is 0 Å². The fraction of sp³-hybridized carbons (Fsp3) is 1.00. The summed E-state index contributed by atoms with van der Waals surface area (Å²) in [5.41, 5.74) is 0. The summed E-state index contributed by atoms with van der Waals surface area (Å²) in [5.74, 6) is -1.62. The second-order valence-corrected chi connectivity index (χ2v) is 18.4. The van der Waals surface area contributed by atoms with Crippen molar-refractivity contribution in [2.75, 3.05) is 0 Å². The molecule has 0 aromatic heterocycles. The lowest BCUT2D eigenvalue weighted by Gasteiger charge is -2.08. The predicted octanol–water partition coefficient (Wildman–Crippen LogP) is 26.0. The van der Waals surface area contributed by atoms with Crippen LogP contribution in [0.4, 0.5) is 22.0 Å². The highest BCUT2D eigenvalue weighted by Gasteiger charge is 2.31. The number of unbranched alkanes of at least 4 members (excludes halogenated alkanes) is 7. The molecule has 63 heavy (non-hydrogen) atoms. The molecular formula is C58H139F5. The second-order valence-electron chi connectivity index (χ2n) is 18.4. The minimum Gasteiger partial charge on any atom is -0.207 e. The number of hydrogen-bond donors (Lipinski definition) is 0. The van der Waals surface area contributed by atoms with E-state index in [9.17, 15) is 22.0 Å². The fourth-order valence-corrected chi connectivity index (χ4v) is 1.31. The Morgan fingerprint density at radius 1 is 0.349 bits per heavy atom. The highest BCUT2D eigenvalue weighted by atomic mass is 19.4. The Bertz CT molecular complexity index is 648. The first-order valence-corrected chi connectivity index (χ1v) is 25.8. The zero-order chi connectivity index (χ0) is 59.9. The van der Waals surface area contributed by atoms with Crippen molar-refractivity contribution in [1.82, 2.24) is 0 Å². The standard InChI is InChI=1S/C5H10F2.3C5H12.C4H7F3.7C4H10.2C3H8/c1-3-5(6,7)4-2;3*1-3-5-4-2;1-3(2)4(5,6)7;5*1-4(2)3;2*1-3-4-2;2*1-3-2/h3-4H2,1-2H3;3*3-5H2,1-2H3;3H,1-2H3;5*4H,1-3H3;2*3-4H2,1-2H3;2*3H2,1-2H3/i;;;;;2*4D;;;;3D2;;3D2;. The van der Waals surface area contributed by atoms with Gasteiger partial charge < -0.3 is 0 Å². The molecule has 0 nitrogen and oxygen atoms in total. The van der Waals surface area contributed by atoms with Crippen molar-refractivity contribution in [1.29, 1.82) is 0 Å². The predicted molar refractivity (Wildman–Crippen MR) is 298 cm³/mol. The zero-order valence-corrected chi connectivity index (χ0v) is 50.8. The minimum absolute atomic E-state index is 0.0382. The maximum atomic E-state index is 11.9. The van der Waals surface area contributed by atoms with Crippen molar-refractivity contribution in [3.8, 4) is 0 Å². The van der Waals surface area contributed by atoms with E-state index in [0.717, 1.165) is 31.6 Å². The molecule has 0 atom stereocenters. The first kappa shape index (κ1) is 79.7. The first-order valence-electron chi connectivity index (χ1n) is 28.8. The second kappa shape index (κ2) is 104. The summed E-state index contributed by atoms with van der Waals surface area (Å²) in [7, 11) is 0. The van der Waals surface area contributed by atoms with Crippen LogP contribution in [0.2, 0.25) is 0 Å². The lowest BCUT2D eigenvalue weighted by molar-refractivity contribution is -0.164. The Kier molecular flexibility index (Phi) is 132. The van der Waals surface area contributed by atoms with Crippen LogP contribution in [-0.4, -0.2) is 12.1 Å². The number of halogens is 5. The molecule has 0 aliphatic carbocycles. The molecule has 0 aliphatic heterocycles. The Labute approximate surface area is 414 Å².